The van der Waals surface area contributed by atoms with E-state index in [1.807, 2.05) is 37.3 Å². The van der Waals surface area contributed by atoms with Crippen LogP contribution < -0.4 is 10.6 Å². The summed E-state index contributed by atoms with van der Waals surface area (Å²) < 4.78 is 5.29. The summed E-state index contributed by atoms with van der Waals surface area (Å²) in [5.74, 6) is -0.547. The van der Waals surface area contributed by atoms with Gasteiger partial charge < -0.3 is 15.4 Å². The highest BCUT2D eigenvalue weighted by molar-refractivity contribution is 6.29. The van der Waals surface area contributed by atoms with Gasteiger partial charge in [0.05, 0.1) is 12.6 Å². The van der Waals surface area contributed by atoms with Gasteiger partial charge in [0, 0.05) is 31.3 Å². The second-order valence-electron chi connectivity index (χ2n) is 7.74. The lowest BCUT2D eigenvalue weighted by Crippen LogP contribution is -2.60. The quantitative estimate of drug-likeness (QED) is 0.447. The van der Waals surface area contributed by atoms with Crippen LogP contribution in [0.4, 0.5) is 4.79 Å². The van der Waals surface area contributed by atoms with E-state index in [2.05, 4.69) is 20.6 Å². The molecule has 0 spiro atoms. The molecule has 1 saturated heterocycles. The van der Waals surface area contributed by atoms with Crippen LogP contribution in [0.1, 0.15) is 37.2 Å². The van der Waals surface area contributed by atoms with Gasteiger partial charge in [-0.2, -0.15) is 0 Å². The first-order valence-electron chi connectivity index (χ1n) is 11.0. The zero-order valence-corrected chi connectivity index (χ0v) is 19.5. The molecule has 9 nitrogen and oxygen atoms in total. The zero-order valence-electron chi connectivity index (χ0n) is 18.7. The third kappa shape index (κ3) is 6.49. The van der Waals surface area contributed by atoms with Crippen LogP contribution in [0.15, 0.2) is 36.4 Å². The number of ketones is 1. The first-order chi connectivity index (χ1) is 15.9. The number of amides is 2. The van der Waals surface area contributed by atoms with Crippen LogP contribution in [0.3, 0.4) is 0 Å². The Bertz CT molecular complexity index is 988. The van der Waals surface area contributed by atoms with Gasteiger partial charge in [-0.3, -0.25) is 14.5 Å². The van der Waals surface area contributed by atoms with E-state index in [0.29, 0.717) is 37.6 Å². The van der Waals surface area contributed by atoms with Crippen molar-refractivity contribution in [2.75, 3.05) is 26.2 Å². The summed E-state index contributed by atoms with van der Waals surface area (Å²) >= 11 is 6.11. The minimum absolute atomic E-state index is 0.0473. The Kier molecular flexibility index (Phi) is 8.73. The second kappa shape index (κ2) is 11.7. The molecule has 176 valence electrons. The molecule has 0 saturated carbocycles. The van der Waals surface area contributed by atoms with E-state index in [0.717, 1.165) is 12.8 Å². The number of nitrogens with zero attached hydrogens (tertiary/aromatic N) is 3. The Balaban J connectivity index is 1.69. The molecule has 33 heavy (non-hydrogen) atoms. The van der Waals surface area contributed by atoms with E-state index in [1.54, 1.807) is 6.92 Å². The first kappa shape index (κ1) is 24.6. The minimum atomic E-state index is -0.859. The van der Waals surface area contributed by atoms with Crippen LogP contribution in [0.25, 0.3) is 11.4 Å². The highest BCUT2D eigenvalue weighted by atomic mass is 35.5. The molecule has 2 N–H and O–H groups in total. The zero-order chi connectivity index (χ0) is 23.8. The standard InChI is InChI=1S/C23H28ClN5O4/c1-3-4-12-33-23(32)29-11-10-25-14-18(29)20(30)15(2)26-22(31)17-13-19(24)28-21(27-17)16-8-6-5-7-9-16/h5-9,13,15,18,25H,3-4,10-12,14H2,1-2H3,(H,26,31)/t15?,18-/m0/s1. The molecular formula is C23H28ClN5O4. The molecule has 2 heterocycles. The SMILES string of the molecule is CCCCOC(=O)N1CCNC[C@H]1C(=O)C(C)NC(=O)c1cc(Cl)nc(-c2ccccc2)n1. The summed E-state index contributed by atoms with van der Waals surface area (Å²) in [6.45, 7) is 5.10. The van der Waals surface area contributed by atoms with Gasteiger partial charge in [-0.05, 0) is 13.3 Å². The number of carbonyl (C=O) groups is 3. The van der Waals surface area contributed by atoms with E-state index in [4.69, 9.17) is 16.3 Å². The monoisotopic (exact) mass is 473 g/mol. The number of piperazine rings is 1. The molecule has 0 radical (unpaired) electrons. The van der Waals surface area contributed by atoms with Crippen molar-refractivity contribution in [1.82, 2.24) is 25.5 Å². The van der Waals surface area contributed by atoms with Crippen LogP contribution in [0.5, 0.6) is 0 Å². The van der Waals surface area contributed by atoms with Gasteiger partial charge in [-0.15, -0.1) is 0 Å². The van der Waals surface area contributed by atoms with Crippen molar-refractivity contribution in [1.29, 1.82) is 0 Å². The number of unbranched alkanes of at least 4 members (excludes halogenated alkanes) is 1. The van der Waals surface area contributed by atoms with Gasteiger partial charge in [-0.25, -0.2) is 14.8 Å². The highest BCUT2D eigenvalue weighted by Gasteiger charge is 2.36. The number of Topliss-reactive ketones (excluding diaryl/α,β-unsaturated/α-hetero) is 1. The molecule has 2 aromatic rings. The molecule has 1 aliphatic rings. The van der Waals surface area contributed by atoms with Crippen molar-refractivity contribution in [3.8, 4) is 11.4 Å². The lowest BCUT2D eigenvalue weighted by molar-refractivity contribution is -0.125. The van der Waals surface area contributed by atoms with Gasteiger partial charge >= 0.3 is 6.09 Å². The number of nitrogens with one attached hydrogen (secondary N) is 2. The summed E-state index contributed by atoms with van der Waals surface area (Å²) in [5, 5.41) is 5.90. The fraction of sp³-hybridized carbons (Fsp3) is 0.435. The fourth-order valence-corrected chi connectivity index (χ4v) is 3.63. The molecule has 1 aromatic carbocycles. The third-order valence-electron chi connectivity index (χ3n) is 5.26. The molecule has 1 aliphatic heterocycles. The number of hydrogen-bond acceptors (Lipinski definition) is 7. The van der Waals surface area contributed by atoms with Crippen LogP contribution in [-0.2, 0) is 9.53 Å². The van der Waals surface area contributed by atoms with Crippen molar-refractivity contribution in [2.45, 2.75) is 38.8 Å². The Hall–Kier alpha value is -3.04. The molecule has 0 bridgehead atoms. The molecule has 1 fully saturated rings. The maximum atomic E-state index is 13.1. The van der Waals surface area contributed by atoms with Crippen molar-refractivity contribution in [3.63, 3.8) is 0 Å². The van der Waals surface area contributed by atoms with E-state index in [1.165, 1.54) is 11.0 Å². The van der Waals surface area contributed by atoms with Gasteiger partial charge in [-0.1, -0.05) is 55.3 Å². The van der Waals surface area contributed by atoms with E-state index >= 15 is 0 Å². The number of rotatable bonds is 8. The Morgan fingerprint density at radius 3 is 2.76 bits per heavy atom. The van der Waals surface area contributed by atoms with Crippen LogP contribution in [0, 0.1) is 0 Å². The summed E-state index contributed by atoms with van der Waals surface area (Å²) in [7, 11) is 0. The van der Waals surface area contributed by atoms with Crippen LogP contribution in [0.2, 0.25) is 5.15 Å². The fourth-order valence-electron chi connectivity index (χ4n) is 3.44. The van der Waals surface area contributed by atoms with Crippen molar-refractivity contribution >= 4 is 29.4 Å². The van der Waals surface area contributed by atoms with Crippen molar-refractivity contribution in [2.24, 2.45) is 0 Å². The topological polar surface area (TPSA) is 114 Å². The van der Waals surface area contributed by atoms with Gasteiger partial charge in [0.2, 0.25) is 0 Å². The van der Waals surface area contributed by atoms with Gasteiger partial charge in [0.15, 0.2) is 11.6 Å². The summed E-state index contributed by atoms with van der Waals surface area (Å²) in [6, 6.07) is 8.89. The predicted octanol–water partition coefficient (Wildman–Crippen LogP) is 2.69. The van der Waals surface area contributed by atoms with E-state index < -0.39 is 24.1 Å². The first-order valence-corrected chi connectivity index (χ1v) is 11.4. The van der Waals surface area contributed by atoms with E-state index in [-0.39, 0.29) is 16.6 Å². The maximum absolute atomic E-state index is 13.1. The third-order valence-corrected chi connectivity index (χ3v) is 5.46. The Morgan fingerprint density at radius 1 is 1.27 bits per heavy atom. The highest BCUT2D eigenvalue weighted by Crippen LogP contribution is 2.18. The second-order valence-corrected chi connectivity index (χ2v) is 8.13. The molecule has 0 aliphatic carbocycles. The number of halogens is 1. The van der Waals surface area contributed by atoms with Crippen molar-refractivity contribution < 1.29 is 19.1 Å². The predicted molar refractivity (Wildman–Crippen MR) is 124 cm³/mol. The number of benzene rings is 1. The van der Waals surface area contributed by atoms with Crippen molar-refractivity contribution in [3.05, 3.63) is 47.2 Å². The molecule has 2 amide bonds. The lowest BCUT2D eigenvalue weighted by Gasteiger charge is -2.35. The Labute approximate surface area is 197 Å². The molecule has 1 unspecified atom stereocenters. The summed E-state index contributed by atoms with van der Waals surface area (Å²) in [6.07, 6.45) is 1.14. The van der Waals surface area contributed by atoms with Crippen LogP contribution in [-0.4, -0.2) is 71.0 Å². The number of hydrogen-bond donors (Lipinski definition) is 2. The molecule has 2 atom stereocenters. The summed E-state index contributed by atoms with van der Waals surface area (Å²) in [4.78, 5) is 48.3. The average molecular weight is 474 g/mol. The molecule has 3 rings (SSSR count). The van der Waals surface area contributed by atoms with Crippen LogP contribution >= 0.6 is 11.6 Å². The normalized spacial score (nSPS) is 16.7. The van der Waals surface area contributed by atoms with Gasteiger partial charge in [0.1, 0.15) is 16.9 Å². The maximum Gasteiger partial charge on any atom is 0.410 e. The molecular weight excluding hydrogens is 446 g/mol. The molecule has 1 aromatic heterocycles. The smallest absolute Gasteiger partial charge is 0.410 e. The average Bonchev–Trinajstić information content (AvgIpc) is 2.83. The number of ether oxygens (including phenoxy) is 1. The summed E-state index contributed by atoms with van der Waals surface area (Å²) in [5.41, 5.74) is 0.759. The minimum Gasteiger partial charge on any atom is -0.449 e. The largest absolute Gasteiger partial charge is 0.449 e. The molecule has 10 heteroatoms. The lowest BCUT2D eigenvalue weighted by atomic mass is 10.0. The number of carbonyl (C=O) groups excluding carboxylic acids is 3. The Morgan fingerprint density at radius 2 is 2.03 bits per heavy atom. The van der Waals surface area contributed by atoms with Gasteiger partial charge in [0.25, 0.3) is 5.91 Å². The number of aromatic nitrogens is 2. The van der Waals surface area contributed by atoms with E-state index in [9.17, 15) is 14.4 Å².